The van der Waals surface area contributed by atoms with Gasteiger partial charge in [0, 0.05) is 34.2 Å². The van der Waals surface area contributed by atoms with E-state index < -0.39 is 0 Å². The van der Waals surface area contributed by atoms with Crippen molar-refractivity contribution in [1.29, 1.82) is 5.41 Å². The number of ether oxygens (including phenoxy) is 3. The van der Waals surface area contributed by atoms with E-state index in [4.69, 9.17) is 25.4 Å². The minimum atomic E-state index is -0.0989. The lowest BCUT2D eigenvalue weighted by Gasteiger charge is -2.41. The molecule has 0 saturated heterocycles. The Bertz CT molecular complexity index is 1890. The van der Waals surface area contributed by atoms with E-state index in [1.807, 2.05) is 72.8 Å². The Hall–Kier alpha value is -5.23. The van der Waals surface area contributed by atoms with E-state index in [0.29, 0.717) is 24.0 Å². The van der Waals surface area contributed by atoms with Crippen LogP contribution in [-0.2, 0) is 6.61 Å². The van der Waals surface area contributed by atoms with Gasteiger partial charge in [0.1, 0.15) is 23.9 Å². The largest absolute Gasteiger partial charge is 0.493 e. The molecule has 6 heteroatoms. The van der Waals surface area contributed by atoms with Crippen molar-refractivity contribution in [2.24, 2.45) is 11.1 Å². The zero-order chi connectivity index (χ0) is 29.8. The second-order valence-corrected chi connectivity index (χ2v) is 12.0. The molecule has 44 heavy (non-hydrogen) atoms. The summed E-state index contributed by atoms with van der Waals surface area (Å²) in [5.74, 6) is 3.43. The zero-order valence-electron chi connectivity index (χ0n) is 24.4. The van der Waals surface area contributed by atoms with Gasteiger partial charge in [-0.25, -0.2) is 0 Å². The Labute approximate surface area is 256 Å². The monoisotopic (exact) mass is 579 g/mol. The number of para-hydroxylation sites is 1. The topological polar surface area (TPSA) is 89.6 Å². The molecule has 4 N–H and O–H groups in total. The Morgan fingerprint density at radius 1 is 0.795 bits per heavy atom. The van der Waals surface area contributed by atoms with Crippen LogP contribution in [0, 0.1) is 10.8 Å². The Morgan fingerprint density at radius 3 is 2.27 bits per heavy atom. The van der Waals surface area contributed by atoms with Crippen molar-refractivity contribution < 1.29 is 14.2 Å². The quantitative estimate of drug-likeness (QED) is 0.128. The number of fused-ring (bicyclic) bond motifs is 5. The summed E-state index contributed by atoms with van der Waals surface area (Å²) in [5.41, 5.74) is 13.7. The molecule has 5 aromatic rings. The summed E-state index contributed by atoms with van der Waals surface area (Å²) in [6.07, 6.45) is 1.05. The van der Waals surface area contributed by atoms with Crippen LogP contribution in [0.5, 0.6) is 23.0 Å². The van der Waals surface area contributed by atoms with Crippen molar-refractivity contribution in [3.05, 3.63) is 149 Å². The molecule has 1 aliphatic heterocycles. The first-order valence-electron chi connectivity index (χ1n) is 15.0. The van der Waals surface area contributed by atoms with Crippen LogP contribution in [0.4, 0.5) is 5.69 Å². The number of benzene rings is 5. The minimum Gasteiger partial charge on any atom is -0.493 e. The SMILES string of the molecule is COc1cc(C2Nc3ccc(C(=N)N)cc3[C@H]3c4ccccc4[C@H]4CC234)c(Oc2ccccc2)cc1OCc1ccccc1. The van der Waals surface area contributed by atoms with Crippen molar-refractivity contribution in [2.75, 3.05) is 12.4 Å². The molecule has 4 atom stereocenters. The fraction of sp³-hybridized carbons (Fsp3) is 0.184. The van der Waals surface area contributed by atoms with Crippen molar-refractivity contribution in [2.45, 2.75) is 30.9 Å². The highest BCUT2D eigenvalue weighted by Crippen LogP contribution is 2.81. The number of hydrogen-bond donors (Lipinski definition) is 3. The first-order chi connectivity index (χ1) is 21.6. The van der Waals surface area contributed by atoms with Crippen LogP contribution in [0.2, 0.25) is 0 Å². The van der Waals surface area contributed by atoms with E-state index in [-0.39, 0.29) is 23.2 Å². The Kier molecular flexibility index (Phi) is 6.12. The van der Waals surface area contributed by atoms with Gasteiger partial charge in [0.15, 0.2) is 11.5 Å². The summed E-state index contributed by atoms with van der Waals surface area (Å²) in [7, 11) is 1.69. The van der Waals surface area contributed by atoms with E-state index in [9.17, 15) is 0 Å². The highest BCUT2D eigenvalue weighted by Gasteiger charge is 2.71. The van der Waals surface area contributed by atoms with E-state index in [1.54, 1.807) is 7.11 Å². The van der Waals surface area contributed by atoms with Crippen LogP contribution >= 0.6 is 0 Å². The molecule has 2 aliphatic carbocycles. The molecule has 2 unspecified atom stereocenters. The van der Waals surface area contributed by atoms with Crippen molar-refractivity contribution >= 4 is 11.5 Å². The summed E-state index contributed by atoms with van der Waals surface area (Å²) in [6, 6.07) is 38.9. The molecule has 1 fully saturated rings. The third-order valence-corrected chi connectivity index (χ3v) is 9.59. The van der Waals surface area contributed by atoms with Gasteiger partial charge >= 0.3 is 0 Å². The molecule has 1 heterocycles. The molecule has 1 spiro atoms. The van der Waals surface area contributed by atoms with E-state index in [0.717, 1.165) is 40.3 Å². The van der Waals surface area contributed by atoms with Gasteiger partial charge in [0.2, 0.25) is 0 Å². The molecule has 6 nitrogen and oxygen atoms in total. The van der Waals surface area contributed by atoms with Crippen LogP contribution in [0.3, 0.4) is 0 Å². The number of nitrogens with one attached hydrogen (secondary N) is 2. The number of rotatable bonds is 8. The minimum absolute atomic E-state index is 0.0589. The van der Waals surface area contributed by atoms with Crippen LogP contribution < -0.4 is 25.3 Å². The second kappa shape index (κ2) is 10.2. The lowest BCUT2D eigenvalue weighted by molar-refractivity contribution is 0.281. The van der Waals surface area contributed by atoms with Gasteiger partial charge in [-0.15, -0.1) is 0 Å². The standard InChI is InChI=1S/C38H33N3O3/c1-42-33-19-29(32(44-25-12-6-3-7-13-25)20-34(33)43-22-23-10-4-2-5-11-23)36-38-21-30(38)26-14-8-9-15-27(26)35(38)28-18-24(37(39)40)16-17-31(28)41-36/h2-20,30,35-36,41H,21-22H2,1H3,(H3,39,40)/t30-,35-,36?,38?/m1/s1. The van der Waals surface area contributed by atoms with Crippen LogP contribution in [0.15, 0.2) is 115 Å². The van der Waals surface area contributed by atoms with Crippen LogP contribution in [0.1, 0.15) is 57.7 Å². The Morgan fingerprint density at radius 2 is 1.52 bits per heavy atom. The van der Waals surface area contributed by atoms with Gasteiger partial charge in [-0.3, -0.25) is 5.41 Å². The van der Waals surface area contributed by atoms with Gasteiger partial charge < -0.3 is 25.3 Å². The molecular formula is C38H33N3O3. The van der Waals surface area contributed by atoms with Gasteiger partial charge in [-0.2, -0.15) is 0 Å². The summed E-state index contributed by atoms with van der Waals surface area (Å²) < 4.78 is 19.0. The molecular weight excluding hydrogens is 546 g/mol. The average molecular weight is 580 g/mol. The van der Waals surface area contributed by atoms with Crippen molar-refractivity contribution in [1.82, 2.24) is 0 Å². The molecule has 1 saturated carbocycles. The highest BCUT2D eigenvalue weighted by atomic mass is 16.5. The molecule has 0 bridgehead atoms. The van der Waals surface area contributed by atoms with Crippen LogP contribution in [-0.4, -0.2) is 12.9 Å². The number of methoxy groups -OCH3 is 1. The lowest BCUT2D eigenvalue weighted by atomic mass is 9.71. The van der Waals surface area contributed by atoms with E-state index in [2.05, 4.69) is 47.8 Å². The molecule has 0 aromatic heterocycles. The van der Waals surface area contributed by atoms with Gasteiger partial charge in [-0.05, 0) is 71.0 Å². The fourth-order valence-corrected chi connectivity index (χ4v) is 7.59. The maximum atomic E-state index is 8.12. The third-order valence-electron chi connectivity index (χ3n) is 9.59. The van der Waals surface area contributed by atoms with Crippen molar-refractivity contribution in [3.63, 3.8) is 0 Å². The zero-order valence-corrected chi connectivity index (χ0v) is 24.4. The molecule has 0 radical (unpaired) electrons. The molecule has 8 rings (SSSR count). The molecule has 5 aromatic carbocycles. The maximum Gasteiger partial charge on any atom is 0.165 e. The number of hydrogen-bond acceptors (Lipinski definition) is 5. The predicted octanol–water partition coefficient (Wildman–Crippen LogP) is 8.14. The predicted molar refractivity (Wildman–Crippen MR) is 172 cm³/mol. The smallest absolute Gasteiger partial charge is 0.165 e. The summed E-state index contributed by atoms with van der Waals surface area (Å²) in [4.78, 5) is 0. The first kappa shape index (κ1) is 26.4. The van der Waals surface area contributed by atoms with E-state index >= 15 is 0 Å². The van der Waals surface area contributed by atoms with E-state index in [1.165, 1.54) is 16.7 Å². The normalized spacial score (nSPS) is 22.0. The fourth-order valence-electron chi connectivity index (χ4n) is 7.59. The van der Waals surface area contributed by atoms with Gasteiger partial charge in [0.05, 0.1) is 13.2 Å². The maximum absolute atomic E-state index is 8.12. The summed E-state index contributed by atoms with van der Waals surface area (Å²) in [6.45, 7) is 0.415. The lowest BCUT2D eigenvalue weighted by Crippen LogP contribution is -2.33. The molecule has 3 aliphatic rings. The molecule has 218 valence electrons. The Balaban J connectivity index is 1.28. The number of nitrogen functional groups attached to an aromatic ring is 1. The summed E-state index contributed by atoms with van der Waals surface area (Å²) >= 11 is 0. The second-order valence-electron chi connectivity index (χ2n) is 12.0. The molecule has 0 amide bonds. The first-order valence-corrected chi connectivity index (χ1v) is 15.0. The number of amidine groups is 1. The highest BCUT2D eigenvalue weighted by molar-refractivity contribution is 5.96. The van der Waals surface area contributed by atoms with Gasteiger partial charge in [0.25, 0.3) is 0 Å². The summed E-state index contributed by atoms with van der Waals surface area (Å²) in [5, 5.41) is 12.1. The van der Waals surface area contributed by atoms with Crippen molar-refractivity contribution in [3.8, 4) is 23.0 Å². The number of anilines is 1. The number of nitrogens with two attached hydrogens (primary N) is 1. The van der Waals surface area contributed by atoms with Gasteiger partial charge in [-0.1, -0.05) is 72.8 Å². The average Bonchev–Trinajstić information content (AvgIpc) is 3.71. The third kappa shape index (κ3) is 4.13. The van der Waals surface area contributed by atoms with Crippen LogP contribution in [0.25, 0.3) is 0 Å².